The van der Waals surface area contributed by atoms with Crippen molar-refractivity contribution >= 4 is 23.6 Å². The van der Waals surface area contributed by atoms with Crippen LogP contribution < -0.4 is 20.1 Å². The number of methoxy groups -OCH3 is 2. The van der Waals surface area contributed by atoms with E-state index in [-0.39, 0.29) is 42.7 Å². The highest BCUT2D eigenvalue weighted by atomic mass is 16.7. The smallest absolute Gasteiger partial charge is 0.408 e. The van der Waals surface area contributed by atoms with E-state index in [2.05, 4.69) is 21.6 Å². The number of ketones is 2. The van der Waals surface area contributed by atoms with Crippen molar-refractivity contribution in [2.24, 2.45) is 0 Å². The number of amides is 2. The van der Waals surface area contributed by atoms with Gasteiger partial charge in [-0.1, -0.05) is 6.07 Å². The number of allylic oxidation sites excluding steroid dienone is 2. The maximum Gasteiger partial charge on any atom is 0.408 e. The van der Waals surface area contributed by atoms with Crippen LogP contribution in [0.15, 0.2) is 28.5 Å². The Morgan fingerprint density at radius 2 is 1.82 bits per heavy atom. The number of Topliss-reactive ketones (excluding diaryl/α,β-unsaturated/α-hetero) is 2. The normalized spacial score (nSPS) is 25.8. The van der Waals surface area contributed by atoms with Crippen molar-refractivity contribution in [2.45, 2.75) is 96.2 Å². The number of benzene rings is 1. The number of likely N-dealkylation sites (N-methyl/N-ethyl adjacent to an activating group) is 1. The molecule has 3 heterocycles. The first-order valence-corrected chi connectivity index (χ1v) is 16.3. The van der Waals surface area contributed by atoms with Gasteiger partial charge in [0, 0.05) is 48.0 Å². The molecule has 2 amide bonds. The van der Waals surface area contributed by atoms with Gasteiger partial charge in [-0.15, -0.1) is 0 Å². The molecule has 1 fully saturated rings. The molecule has 6 atom stereocenters. The predicted molar refractivity (Wildman–Crippen MR) is 176 cm³/mol. The van der Waals surface area contributed by atoms with Crippen molar-refractivity contribution in [1.29, 1.82) is 5.26 Å². The Hall–Kier alpha value is -4.45. The number of rotatable bonds is 8. The van der Waals surface area contributed by atoms with Crippen LogP contribution >= 0.6 is 0 Å². The molecule has 2 bridgehead atoms. The summed E-state index contributed by atoms with van der Waals surface area (Å²) in [5, 5.41) is 27.4. The fourth-order valence-corrected chi connectivity index (χ4v) is 7.72. The number of carbonyl (C=O) groups excluding carboxylic acids is 4. The number of piperazine rings is 1. The number of nitrogens with zero attached hydrogens (tertiary/aromatic N) is 3. The van der Waals surface area contributed by atoms with E-state index in [1.165, 1.54) is 21.0 Å². The summed E-state index contributed by atoms with van der Waals surface area (Å²) < 4.78 is 22.5. The molecule has 14 heteroatoms. The molecular weight excluding hydrogens is 634 g/mol. The largest absolute Gasteiger partial charge is 0.507 e. The first kappa shape index (κ1) is 35.8. The number of nitrogens with one attached hydrogen (secondary N) is 2. The van der Waals surface area contributed by atoms with Crippen LogP contribution in [-0.2, 0) is 30.3 Å². The Morgan fingerprint density at radius 1 is 1.12 bits per heavy atom. The highest BCUT2D eigenvalue weighted by Crippen LogP contribution is 2.54. The molecule has 1 aromatic rings. The van der Waals surface area contributed by atoms with Crippen molar-refractivity contribution in [3.8, 4) is 17.6 Å². The first-order valence-electron chi connectivity index (χ1n) is 16.3. The molecule has 4 aliphatic rings. The SMILES string of the molecule is COCOc1c(OC)c(C)cc2c1[C@@H]1C3CC4=C(C(=O)C(=O)C(C)=C4O)[C@H](CNC(=O)C(C)NC(=O)OC(C)(C)C)N3[C@@H](C#N)[C@H](C2)N1C. The van der Waals surface area contributed by atoms with Crippen LogP contribution in [0.1, 0.15) is 63.8 Å². The fraction of sp³-hybridized carbons (Fsp3) is 0.571. The van der Waals surface area contributed by atoms with E-state index < -0.39 is 59.4 Å². The van der Waals surface area contributed by atoms with Gasteiger partial charge in [-0.2, -0.15) is 5.26 Å². The van der Waals surface area contributed by atoms with Gasteiger partial charge in [-0.05, 0) is 72.6 Å². The summed E-state index contributed by atoms with van der Waals surface area (Å²) in [4.78, 5) is 56.6. The summed E-state index contributed by atoms with van der Waals surface area (Å²) in [6, 6.07) is 0.496. The number of hydrogen-bond acceptors (Lipinski definition) is 12. The lowest BCUT2D eigenvalue weighted by Crippen LogP contribution is -2.71. The second-order valence-electron chi connectivity index (χ2n) is 14.0. The number of aliphatic hydroxyl groups excluding tert-OH is 1. The maximum absolute atomic E-state index is 13.7. The summed E-state index contributed by atoms with van der Waals surface area (Å²) in [7, 11) is 5.02. The van der Waals surface area contributed by atoms with Crippen molar-refractivity contribution < 1.29 is 43.2 Å². The number of nitriles is 1. The summed E-state index contributed by atoms with van der Waals surface area (Å²) in [6.45, 7) is 9.71. The molecule has 1 aliphatic carbocycles. The third kappa shape index (κ3) is 6.26. The van der Waals surface area contributed by atoms with E-state index in [9.17, 15) is 29.5 Å². The number of alkyl carbamates (subject to hydrolysis) is 1. The maximum atomic E-state index is 13.7. The van der Waals surface area contributed by atoms with Crippen LogP contribution in [0.25, 0.3) is 0 Å². The van der Waals surface area contributed by atoms with Crippen LogP contribution in [0.2, 0.25) is 0 Å². The van der Waals surface area contributed by atoms with Gasteiger partial charge < -0.3 is 34.7 Å². The standard InChI is InChI=1S/C35H45N5O9/c1-16-10-19-11-21-23(13-36)40-22(27(39(21)7)25(19)32(31(16)47-9)48-15-46-8)12-20-26(30(43)29(42)17(2)28(20)41)24(40)14-37-33(44)18(3)38-34(45)49-35(4,5)6/h10,18,21-24,27,41H,11-12,14-15H2,1-9H3,(H,37,44)(H,38,45)/t18?,21-,22?,23-,24-,27-/m0/s1. The second-order valence-corrected chi connectivity index (χ2v) is 14.0. The Kier molecular flexibility index (Phi) is 9.84. The van der Waals surface area contributed by atoms with Crippen molar-refractivity contribution in [3.05, 3.63) is 45.2 Å². The molecule has 0 aromatic heterocycles. The molecule has 264 valence electrons. The third-order valence-corrected chi connectivity index (χ3v) is 9.78. The lowest BCUT2D eigenvalue weighted by atomic mass is 9.70. The quantitative estimate of drug-likeness (QED) is 0.208. The zero-order valence-corrected chi connectivity index (χ0v) is 29.4. The molecule has 2 unspecified atom stereocenters. The molecule has 0 saturated carbocycles. The molecule has 0 spiro atoms. The van der Waals surface area contributed by atoms with Crippen LogP contribution in [0.5, 0.6) is 11.5 Å². The van der Waals surface area contributed by atoms with Crippen molar-refractivity contribution in [2.75, 3.05) is 34.6 Å². The number of fused-ring (bicyclic) bond motifs is 6. The summed E-state index contributed by atoms with van der Waals surface area (Å²) in [5.41, 5.74) is 2.20. The topological polar surface area (TPSA) is 180 Å². The molecular formula is C35H45N5O9. The van der Waals surface area contributed by atoms with Gasteiger partial charge in [-0.25, -0.2) is 4.79 Å². The Balaban J connectivity index is 1.61. The summed E-state index contributed by atoms with van der Waals surface area (Å²) >= 11 is 0. The van der Waals surface area contributed by atoms with Gasteiger partial charge in [0.2, 0.25) is 17.5 Å². The minimum atomic E-state index is -1.01. The molecule has 3 N–H and O–H groups in total. The molecule has 1 aromatic carbocycles. The van der Waals surface area contributed by atoms with Crippen molar-refractivity contribution in [1.82, 2.24) is 20.4 Å². The van der Waals surface area contributed by atoms with Gasteiger partial charge in [0.05, 0.1) is 25.3 Å². The zero-order valence-electron chi connectivity index (χ0n) is 29.4. The van der Waals surface area contributed by atoms with E-state index >= 15 is 0 Å². The average Bonchev–Trinajstić information content (AvgIpc) is 3.03. The summed E-state index contributed by atoms with van der Waals surface area (Å²) in [5.74, 6) is -1.42. The van der Waals surface area contributed by atoms with E-state index in [1.807, 2.05) is 24.9 Å². The van der Waals surface area contributed by atoms with Gasteiger partial charge >= 0.3 is 6.09 Å². The first-order chi connectivity index (χ1) is 23.1. The van der Waals surface area contributed by atoms with Crippen LogP contribution in [0, 0.1) is 18.3 Å². The Morgan fingerprint density at radius 3 is 2.43 bits per heavy atom. The van der Waals surface area contributed by atoms with Gasteiger partial charge in [-0.3, -0.25) is 24.2 Å². The Bertz CT molecular complexity index is 1690. The minimum absolute atomic E-state index is 0.0415. The number of hydrogen-bond donors (Lipinski definition) is 3. The molecule has 49 heavy (non-hydrogen) atoms. The lowest BCUT2D eigenvalue weighted by Gasteiger charge is -2.60. The highest BCUT2D eigenvalue weighted by Gasteiger charge is 2.57. The van der Waals surface area contributed by atoms with E-state index in [4.69, 9.17) is 18.9 Å². The van der Waals surface area contributed by atoms with Gasteiger partial charge in [0.25, 0.3) is 0 Å². The monoisotopic (exact) mass is 679 g/mol. The molecule has 3 aliphatic heterocycles. The average molecular weight is 680 g/mol. The second kappa shape index (κ2) is 13.5. The summed E-state index contributed by atoms with van der Waals surface area (Å²) in [6.07, 6.45) is -0.168. The predicted octanol–water partition coefficient (Wildman–Crippen LogP) is 2.54. The van der Waals surface area contributed by atoms with Crippen LogP contribution in [0.3, 0.4) is 0 Å². The third-order valence-electron chi connectivity index (χ3n) is 9.78. The zero-order chi connectivity index (χ0) is 36.1. The number of ether oxygens (including phenoxy) is 4. The number of aliphatic hydroxyl groups is 1. The molecule has 14 nitrogen and oxygen atoms in total. The minimum Gasteiger partial charge on any atom is -0.507 e. The molecule has 5 rings (SSSR count). The fourth-order valence-electron chi connectivity index (χ4n) is 7.72. The Labute approximate surface area is 286 Å². The van der Waals surface area contributed by atoms with E-state index in [0.29, 0.717) is 23.5 Å². The van der Waals surface area contributed by atoms with Gasteiger partial charge in [0.1, 0.15) is 23.4 Å². The van der Waals surface area contributed by atoms with Gasteiger partial charge in [0.15, 0.2) is 18.3 Å². The molecule has 1 saturated heterocycles. The van der Waals surface area contributed by atoms with Crippen LogP contribution in [0.4, 0.5) is 4.79 Å². The van der Waals surface area contributed by atoms with Crippen LogP contribution in [-0.4, -0.2) is 109 Å². The highest BCUT2D eigenvalue weighted by molar-refractivity contribution is 6.50. The van der Waals surface area contributed by atoms with E-state index in [1.54, 1.807) is 27.9 Å². The van der Waals surface area contributed by atoms with Crippen molar-refractivity contribution in [3.63, 3.8) is 0 Å². The number of carbonyl (C=O) groups is 4. The number of aryl methyl sites for hydroxylation is 1. The lowest BCUT2D eigenvalue weighted by molar-refractivity contribution is -0.134. The molecule has 0 radical (unpaired) electrons. The van der Waals surface area contributed by atoms with E-state index in [0.717, 1.165) is 16.7 Å².